The van der Waals surface area contributed by atoms with Crippen molar-refractivity contribution in [2.45, 2.75) is 57.9 Å². The minimum absolute atomic E-state index is 0.404. The lowest BCUT2D eigenvalue weighted by Crippen LogP contribution is -2.13. The van der Waals surface area contributed by atoms with Crippen LogP contribution >= 0.6 is 0 Å². The third-order valence-electron chi connectivity index (χ3n) is 3.93. The van der Waals surface area contributed by atoms with Gasteiger partial charge in [0.1, 0.15) is 11.6 Å². The Hall–Kier alpha value is -1.12. The van der Waals surface area contributed by atoms with Crippen LogP contribution in [0.2, 0.25) is 0 Å². The molecule has 0 radical (unpaired) electrons. The van der Waals surface area contributed by atoms with E-state index in [1.807, 2.05) is 0 Å². The van der Waals surface area contributed by atoms with Crippen LogP contribution in [0.15, 0.2) is 0 Å². The lowest BCUT2D eigenvalue weighted by molar-refractivity contribution is -0.117. The van der Waals surface area contributed by atoms with Gasteiger partial charge in [0.15, 0.2) is 0 Å². The van der Waals surface area contributed by atoms with Crippen LogP contribution in [-0.2, 0) is 17.6 Å². The van der Waals surface area contributed by atoms with Crippen molar-refractivity contribution >= 4 is 5.78 Å². The molecule has 0 N–H and O–H groups in total. The summed E-state index contributed by atoms with van der Waals surface area (Å²) in [4.78, 5) is 16.1. The van der Waals surface area contributed by atoms with Crippen molar-refractivity contribution in [2.75, 3.05) is 0 Å². The summed E-state index contributed by atoms with van der Waals surface area (Å²) in [6, 6.07) is 0.404. The Morgan fingerprint density at radius 2 is 2.06 bits per heavy atom. The maximum Gasteiger partial charge on any atom is 0.135 e. The van der Waals surface area contributed by atoms with Crippen molar-refractivity contribution in [3.8, 4) is 0 Å². The molecule has 0 bridgehead atoms. The maximum atomic E-state index is 11.4. The van der Waals surface area contributed by atoms with Crippen LogP contribution in [0, 0.1) is 6.92 Å². The molecule has 2 aliphatic rings. The molecular weight excluding hydrogens is 200 g/mol. The van der Waals surface area contributed by atoms with Crippen molar-refractivity contribution < 1.29 is 4.79 Å². The van der Waals surface area contributed by atoms with Crippen LogP contribution in [0.25, 0.3) is 0 Å². The molecule has 1 heterocycles. The first-order valence-electron chi connectivity index (χ1n) is 6.34. The lowest BCUT2D eigenvalue weighted by Gasteiger charge is -2.19. The Balaban J connectivity index is 1.99. The summed E-state index contributed by atoms with van der Waals surface area (Å²) in [7, 11) is 0. The first-order valence-corrected chi connectivity index (χ1v) is 6.34. The average molecular weight is 218 g/mol. The van der Waals surface area contributed by atoms with E-state index in [9.17, 15) is 4.79 Å². The molecule has 1 saturated carbocycles. The predicted octanol–water partition coefficient (Wildman–Crippen LogP) is 2.36. The van der Waals surface area contributed by atoms with E-state index in [4.69, 9.17) is 0 Å². The number of aromatic nitrogens is 2. The summed E-state index contributed by atoms with van der Waals surface area (Å²) in [5.74, 6) is 1.54. The minimum Gasteiger partial charge on any atom is -0.328 e. The Kier molecular flexibility index (Phi) is 2.34. The third kappa shape index (κ3) is 1.49. The second-order valence-corrected chi connectivity index (χ2v) is 5.06. The standard InChI is InChI=1S/C13H18N2O/c1-9-14-12-4-2-3-5-13(12)15(9)10-6-7-11(16)8-10/h10H,2-8H2,1H3. The highest BCUT2D eigenvalue weighted by Gasteiger charge is 2.28. The summed E-state index contributed by atoms with van der Waals surface area (Å²) < 4.78 is 2.36. The minimum atomic E-state index is 0.404. The Morgan fingerprint density at radius 3 is 2.81 bits per heavy atom. The van der Waals surface area contributed by atoms with Gasteiger partial charge in [-0.3, -0.25) is 4.79 Å². The summed E-state index contributed by atoms with van der Waals surface area (Å²) in [6.07, 6.45) is 7.33. The molecule has 86 valence electrons. The molecule has 16 heavy (non-hydrogen) atoms. The predicted molar refractivity (Wildman–Crippen MR) is 61.5 cm³/mol. The largest absolute Gasteiger partial charge is 0.328 e. The van der Waals surface area contributed by atoms with Gasteiger partial charge in [-0.1, -0.05) is 0 Å². The average Bonchev–Trinajstić information content (AvgIpc) is 2.80. The number of imidazole rings is 1. The van der Waals surface area contributed by atoms with Gasteiger partial charge in [0.05, 0.1) is 5.69 Å². The van der Waals surface area contributed by atoms with E-state index in [1.165, 1.54) is 24.2 Å². The van der Waals surface area contributed by atoms with Crippen molar-refractivity contribution in [2.24, 2.45) is 0 Å². The van der Waals surface area contributed by atoms with Crippen LogP contribution < -0.4 is 0 Å². The molecule has 0 saturated heterocycles. The van der Waals surface area contributed by atoms with E-state index >= 15 is 0 Å². The molecular formula is C13H18N2O. The number of aryl methyl sites for hydroxylation is 2. The fourth-order valence-corrected chi connectivity index (χ4v) is 3.20. The summed E-state index contributed by atoms with van der Waals surface area (Å²) in [6.45, 7) is 2.08. The van der Waals surface area contributed by atoms with Gasteiger partial charge in [0.25, 0.3) is 0 Å². The van der Waals surface area contributed by atoms with E-state index in [0.717, 1.165) is 37.9 Å². The molecule has 0 aliphatic heterocycles. The number of Topliss-reactive ketones (excluding diaryl/α,β-unsaturated/α-hetero) is 1. The van der Waals surface area contributed by atoms with E-state index < -0.39 is 0 Å². The molecule has 0 amide bonds. The van der Waals surface area contributed by atoms with Gasteiger partial charge < -0.3 is 4.57 Å². The van der Waals surface area contributed by atoms with Crippen LogP contribution in [0.3, 0.4) is 0 Å². The van der Waals surface area contributed by atoms with Crippen LogP contribution in [0.5, 0.6) is 0 Å². The first kappa shape index (κ1) is 10.1. The number of fused-ring (bicyclic) bond motifs is 1. The van der Waals surface area contributed by atoms with Crippen LogP contribution in [0.4, 0.5) is 0 Å². The van der Waals surface area contributed by atoms with Crippen molar-refractivity contribution in [1.29, 1.82) is 0 Å². The monoisotopic (exact) mass is 218 g/mol. The van der Waals surface area contributed by atoms with Gasteiger partial charge >= 0.3 is 0 Å². The zero-order valence-corrected chi connectivity index (χ0v) is 9.83. The Labute approximate surface area is 95.9 Å². The van der Waals surface area contributed by atoms with Crippen LogP contribution in [-0.4, -0.2) is 15.3 Å². The quantitative estimate of drug-likeness (QED) is 0.725. The van der Waals surface area contributed by atoms with Crippen molar-refractivity contribution in [1.82, 2.24) is 9.55 Å². The van der Waals surface area contributed by atoms with E-state index in [2.05, 4.69) is 16.5 Å². The zero-order chi connectivity index (χ0) is 11.1. The number of carbonyl (C=O) groups excluding carboxylic acids is 1. The maximum absolute atomic E-state index is 11.4. The first-order chi connectivity index (χ1) is 7.75. The second-order valence-electron chi connectivity index (χ2n) is 5.06. The van der Waals surface area contributed by atoms with E-state index in [1.54, 1.807) is 0 Å². The second kappa shape index (κ2) is 3.72. The van der Waals surface area contributed by atoms with E-state index in [-0.39, 0.29) is 0 Å². The highest BCUT2D eigenvalue weighted by atomic mass is 16.1. The number of carbonyl (C=O) groups is 1. The fourth-order valence-electron chi connectivity index (χ4n) is 3.20. The molecule has 2 aliphatic carbocycles. The SMILES string of the molecule is Cc1nc2c(n1C1CCC(=O)C1)CCCC2. The molecule has 1 fully saturated rings. The molecule has 1 aromatic heterocycles. The summed E-state index contributed by atoms with van der Waals surface area (Å²) >= 11 is 0. The molecule has 1 atom stereocenters. The van der Waals surface area contributed by atoms with Gasteiger partial charge in [-0.15, -0.1) is 0 Å². The molecule has 3 rings (SSSR count). The van der Waals surface area contributed by atoms with E-state index in [0.29, 0.717) is 11.8 Å². The van der Waals surface area contributed by atoms with Gasteiger partial charge in [-0.05, 0) is 39.0 Å². The Morgan fingerprint density at radius 1 is 1.25 bits per heavy atom. The molecule has 0 aromatic carbocycles. The smallest absolute Gasteiger partial charge is 0.135 e. The zero-order valence-electron chi connectivity index (χ0n) is 9.83. The van der Waals surface area contributed by atoms with Gasteiger partial charge in [0, 0.05) is 24.6 Å². The van der Waals surface area contributed by atoms with Gasteiger partial charge in [-0.2, -0.15) is 0 Å². The number of rotatable bonds is 1. The Bertz CT molecular complexity index is 433. The number of hydrogen-bond acceptors (Lipinski definition) is 2. The topological polar surface area (TPSA) is 34.9 Å². The number of ketones is 1. The third-order valence-corrected chi connectivity index (χ3v) is 3.93. The summed E-state index contributed by atoms with van der Waals surface area (Å²) in [5, 5.41) is 0. The highest BCUT2D eigenvalue weighted by molar-refractivity contribution is 5.81. The van der Waals surface area contributed by atoms with Crippen molar-refractivity contribution in [3.05, 3.63) is 17.2 Å². The number of nitrogens with zero attached hydrogens (tertiary/aromatic N) is 2. The highest BCUT2D eigenvalue weighted by Crippen LogP contribution is 2.33. The van der Waals surface area contributed by atoms with Crippen molar-refractivity contribution in [3.63, 3.8) is 0 Å². The molecule has 3 nitrogen and oxygen atoms in total. The molecule has 1 unspecified atom stereocenters. The van der Waals surface area contributed by atoms with Gasteiger partial charge in [0.2, 0.25) is 0 Å². The van der Waals surface area contributed by atoms with Gasteiger partial charge in [-0.25, -0.2) is 4.98 Å². The number of hydrogen-bond donors (Lipinski definition) is 0. The lowest BCUT2D eigenvalue weighted by atomic mass is 10.0. The fraction of sp³-hybridized carbons (Fsp3) is 0.692. The molecule has 0 spiro atoms. The normalized spacial score (nSPS) is 24.8. The molecule has 1 aromatic rings. The summed E-state index contributed by atoms with van der Waals surface area (Å²) in [5.41, 5.74) is 2.71. The molecule has 3 heteroatoms. The van der Waals surface area contributed by atoms with Crippen LogP contribution in [0.1, 0.15) is 55.4 Å².